The molecule has 0 spiro atoms. The van der Waals surface area contributed by atoms with Gasteiger partial charge in [0.2, 0.25) is 5.89 Å². The maximum Gasteiger partial charge on any atom is 0.237 e. The van der Waals surface area contributed by atoms with Gasteiger partial charge in [-0.2, -0.15) is 10.1 Å². The Bertz CT molecular complexity index is 399. The van der Waals surface area contributed by atoms with Gasteiger partial charge < -0.3 is 4.52 Å². The van der Waals surface area contributed by atoms with Gasteiger partial charge in [0.05, 0.1) is 5.75 Å². The van der Waals surface area contributed by atoms with E-state index in [1.807, 2.05) is 0 Å². The summed E-state index contributed by atoms with van der Waals surface area (Å²) >= 11 is 1.49. The van der Waals surface area contributed by atoms with E-state index < -0.39 is 0 Å². The number of aromatic amines is 1. The molecule has 7 heteroatoms. The summed E-state index contributed by atoms with van der Waals surface area (Å²) in [6.07, 6.45) is 3.35. The van der Waals surface area contributed by atoms with Crippen LogP contribution in [0.25, 0.3) is 0 Å². The first-order valence-electron chi connectivity index (χ1n) is 4.68. The van der Waals surface area contributed by atoms with Crippen LogP contribution < -0.4 is 0 Å². The highest BCUT2D eigenvalue weighted by molar-refractivity contribution is 7.98. The fourth-order valence-corrected chi connectivity index (χ4v) is 1.68. The molecule has 2 heterocycles. The molecule has 0 aliphatic heterocycles. The second-order valence-electron chi connectivity index (χ2n) is 2.93. The molecule has 0 amide bonds. The molecule has 0 aliphatic rings. The second-order valence-corrected chi connectivity index (χ2v) is 3.90. The Hall–Kier alpha value is -1.37. The van der Waals surface area contributed by atoms with Gasteiger partial charge in [-0.1, -0.05) is 23.8 Å². The molecule has 0 saturated carbocycles. The first-order chi connectivity index (χ1) is 7.38. The SMILES string of the molecule is CCCc1noc(CSc2ncn[nH]2)n1. The number of aryl methyl sites for hydroxylation is 1. The maximum atomic E-state index is 5.07. The molecule has 0 radical (unpaired) electrons. The molecule has 2 aromatic rings. The average Bonchev–Trinajstić information content (AvgIpc) is 2.85. The lowest BCUT2D eigenvalue weighted by Crippen LogP contribution is -1.87. The van der Waals surface area contributed by atoms with E-state index in [2.05, 4.69) is 32.2 Å². The highest BCUT2D eigenvalue weighted by Gasteiger charge is 2.06. The largest absolute Gasteiger partial charge is 0.338 e. The number of thioether (sulfide) groups is 1. The first-order valence-corrected chi connectivity index (χ1v) is 5.66. The van der Waals surface area contributed by atoms with Gasteiger partial charge in [0.25, 0.3) is 0 Å². The quantitative estimate of drug-likeness (QED) is 0.775. The van der Waals surface area contributed by atoms with E-state index in [0.717, 1.165) is 23.8 Å². The molecule has 0 saturated heterocycles. The number of H-pyrrole nitrogens is 1. The summed E-state index contributed by atoms with van der Waals surface area (Å²) in [4.78, 5) is 8.22. The Morgan fingerprint density at radius 1 is 1.53 bits per heavy atom. The topological polar surface area (TPSA) is 80.5 Å². The van der Waals surface area contributed by atoms with Crippen molar-refractivity contribution < 1.29 is 4.52 Å². The molecule has 80 valence electrons. The third-order valence-electron chi connectivity index (χ3n) is 1.71. The maximum absolute atomic E-state index is 5.07. The molecule has 2 aromatic heterocycles. The summed E-state index contributed by atoms with van der Waals surface area (Å²) < 4.78 is 5.07. The van der Waals surface area contributed by atoms with Crippen LogP contribution in [-0.2, 0) is 12.2 Å². The molecule has 0 bridgehead atoms. The van der Waals surface area contributed by atoms with Crippen molar-refractivity contribution in [3.63, 3.8) is 0 Å². The van der Waals surface area contributed by atoms with Crippen LogP contribution in [0.4, 0.5) is 0 Å². The van der Waals surface area contributed by atoms with E-state index in [9.17, 15) is 0 Å². The number of nitrogens with zero attached hydrogens (tertiary/aromatic N) is 4. The van der Waals surface area contributed by atoms with Crippen LogP contribution in [0.1, 0.15) is 25.1 Å². The Morgan fingerprint density at radius 3 is 3.20 bits per heavy atom. The number of aromatic nitrogens is 5. The lowest BCUT2D eigenvalue weighted by atomic mass is 10.3. The molecule has 1 N–H and O–H groups in total. The Balaban J connectivity index is 1.88. The average molecular weight is 225 g/mol. The molecule has 0 unspecified atom stereocenters. The van der Waals surface area contributed by atoms with Gasteiger partial charge in [0.1, 0.15) is 6.33 Å². The van der Waals surface area contributed by atoms with Gasteiger partial charge in [0, 0.05) is 6.42 Å². The minimum absolute atomic E-state index is 0.617. The molecular weight excluding hydrogens is 214 g/mol. The van der Waals surface area contributed by atoms with Crippen LogP contribution in [-0.4, -0.2) is 25.3 Å². The Labute approximate surface area is 90.9 Å². The molecule has 0 aromatic carbocycles. The van der Waals surface area contributed by atoms with Gasteiger partial charge in [0.15, 0.2) is 11.0 Å². The number of nitrogens with one attached hydrogen (secondary N) is 1. The highest BCUT2D eigenvalue weighted by atomic mass is 32.2. The van der Waals surface area contributed by atoms with Crippen molar-refractivity contribution in [3.8, 4) is 0 Å². The van der Waals surface area contributed by atoms with Crippen LogP contribution in [0.2, 0.25) is 0 Å². The predicted molar refractivity (Wildman–Crippen MR) is 54.2 cm³/mol. The normalized spacial score (nSPS) is 10.7. The van der Waals surface area contributed by atoms with Crippen LogP contribution >= 0.6 is 11.8 Å². The predicted octanol–water partition coefficient (Wildman–Crippen LogP) is 1.43. The van der Waals surface area contributed by atoms with Gasteiger partial charge in [-0.05, 0) is 6.42 Å². The van der Waals surface area contributed by atoms with Gasteiger partial charge in [-0.25, -0.2) is 4.98 Å². The molecule has 15 heavy (non-hydrogen) atoms. The minimum Gasteiger partial charge on any atom is -0.338 e. The third kappa shape index (κ3) is 2.79. The van der Waals surface area contributed by atoms with Crippen molar-refractivity contribution >= 4 is 11.8 Å². The summed E-state index contributed by atoms with van der Waals surface area (Å²) in [6, 6.07) is 0. The van der Waals surface area contributed by atoms with E-state index in [-0.39, 0.29) is 0 Å². The standard InChI is InChI=1S/C8H11N5OS/c1-2-3-6-11-7(14-13-6)4-15-8-9-5-10-12-8/h5H,2-4H2,1H3,(H,9,10,12). The highest BCUT2D eigenvalue weighted by Crippen LogP contribution is 2.16. The fourth-order valence-electron chi connectivity index (χ4n) is 1.07. The van der Waals surface area contributed by atoms with Crippen molar-refractivity contribution in [1.29, 1.82) is 0 Å². The van der Waals surface area contributed by atoms with Crippen molar-refractivity contribution in [1.82, 2.24) is 25.3 Å². The second kappa shape index (κ2) is 4.92. The Morgan fingerprint density at radius 2 is 2.47 bits per heavy atom. The van der Waals surface area contributed by atoms with Crippen LogP contribution in [0.3, 0.4) is 0 Å². The van der Waals surface area contributed by atoms with Crippen LogP contribution in [0.5, 0.6) is 0 Å². The van der Waals surface area contributed by atoms with Gasteiger partial charge in [-0.15, -0.1) is 0 Å². The van der Waals surface area contributed by atoms with Gasteiger partial charge >= 0.3 is 0 Å². The van der Waals surface area contributed by atoms with E-state index in [1.165, 1.54) is 18.1 Å². The summed E-state index contributed by atoms with van der Waals surface area (Å²) in [5, 5.41) is 11.1. The molecule has 0 aliphatic carbocycles. The zero-order valence-corrected chi connectivity index (χ0v) is 9.12. The molecule has 6 nitrogen and oxygen atoms in total. The summed E-state index contributed by atoms with van der Waals surface area (Å²) in [7, 11) is 0. The number of rotatable bonds is 5. The lowest BCUT2D eigenvalue weighted by Gasteiger charge is -1.89. The van der Waals surface area contributed by atoms with Crippen molar-refractivity contribution in [3.05, 3.63) is 18.0 Å². The summed E-state index contributed by atoms with van der Waals surface area (Å²) in [5.41, 5.74) is 0. The number of hydrogen-bond acceptors (Lipinski definition) is 6. The van der Waals surface area contributed by atoms with Crippen LogP contribution in [0.15, 0.2) is 16.0 Å². The lowest BCUT2D eigenvalue weighted by molar-refractivity contribution is 0.384. The molecule has 0 atom stereocenters. The third-order valence-corrected chi connectivity index (χ3v) is 2.57. The molecule has 0 fully saturated rings. The monoisotopic (exact) mass is 225 g/mol. The summed E-state index contributed by atoms with van der Waals surface area (Å²) in [5.74, 6) is 2.01. The Kier molecular flexibility index (Phi) is 3.33. The zero-order valence-electron chi connectivity index (χ0n) is 8.30. The van der Waals surface area contributed by atoms with E-state index in [1.54, 1.807) is 0 Å². The zero-order chi connectivity index (χ0) is 10.5. The van der Waals surface area contributed by atoms with E-state index in [0.29, 0.717) is 11.6 Å². The van der Waals surface area contributed by atoms with Crippen LogP contribution in [0, 0.1) is 0 Å². The van der Waals surface area contributed by atoms with E-state index in [4.69, 9.17) is 4.52 Å². The van der Waals surface area contributed by atoms with Gasteiger partial charge in [-0.3, -0.25) is 5.10 Å². The fraction of sp³-hybridized carbons (Fsp3) is 0.500. The molecule has 2 rings (SSSR count). The number of hydrogen-bond donors (Lipinski definition) is 1. The summed E-state index contributed by atoms with van der Waals surface area (Å²) in [6.45, 7) is 2.08. The first kappa shape index (κ1) is 10.2. The smallest absolute Gasteiger partial charge is 0.237 e. The van der Waals surface area contributed by atoms with E-state index >= 15 is 0 Å². The van der Waals surface area contributed by atoms with Crippen molar-refractivity contribution in [2.75, 3.05) is 0 Å². The molecular formula is C8H11N5OS. The van der Waals surface area contributed by atoms with Crippen molar-refractivity contribution in [2.45, 2.75) is 30.7 Å². The van der Waals surface area contributed by atoms with Crippen molar-refractivity contribution in [2.24, 2.45) is 0 Å². The minimum atomic E-state index is 0.617.